The number of halogens is 6. The summed E-state index contributed by atoms with van der Waals surface area (Å²) in [7, 11) is 15.5. The maximum atomic E-state index is 12.2. The Bertz CT molecular complexity index is 2860. The van der Waals surface area contributed by atoms with Crippen LogP contribution in [0.2, 0.25) is 15.5 Å². The van der Waals surface area contributed by atoms with E-state index in [0.29, 0.717) is 61.6 Å². The molecule has 4 aromatic heterocycles. The van der Waals surface area contributed by atoms with Crippen LogP contribution >= 0.6 is 94.8 Å². The summed E-state index contributed by atoms with van der Waals surface area (Å²) >= 11 is 21.7. The van der Waals surface area contributed by atoms with Crippen molar-refractivity contribution < 1.29 is 52.2 Å². The maximum Gasteiger partial charge on any atom is 0.337 e. The predicted octanol–water partition coefficient (Wildman–Crippen LogP) is 11.9. The quantitative estimate of drug-likeness (QED) is 0.0214. The lowest BCUT2D eigenvalue weighted by atomic mass is 10.2. The smallest absolute Gasteiger partial charge is 0.337 e. The fourth-order valence-corrected chi connectivity index (χ4v) is 5.69. The van der Waals surface area contributed by atoms with Crippen LogP contribution in [0.1, 0.15) is 54.3 Å². The third-order valence-electron chi connectivity index (χ3n) is 9.08. The van der Waals surface area contributed by atoms with Gasteiger partial charge in [-0.25, -0.2) is 28.9 Å². The molecule has 29 heteroatoms. The number of pyridine rings is 4. The van der Waals surface area contributed by atoms with Gasteiger partial charge in [0.05, 0.1) is 43.6 Å². The highest BCUT2D eigenvalue weighted by molar-refractivity contribution is 8.26. The zero-order valence-electron chi connectivity index (χ0n) is 44.7. The van der Waals surface area contributed by atoms with Crippen LogP contribution in [-0.4, -0.2) is 114 Å². The Labute approximate surface area is 521 Å². The molecule has 0 radical (unpaired) electrons. The second-order valence-corrected chi connectivity index (χ2v) is 18.9. The van der Waals surface area contributed by atoms with Crippen molar-refractivity contribution in [1.82, 2.24) is 19.9 Å². The van der Waals surface area contributed by atoms with Crippen LogP contribution in [0.4, 0.5) is 22.9 Å². The first-order valence-corrected chi connectivity index (χ1v) is 27.3. The van der Waals surface area contributed by atoms with Gasteiger partial charge in [-0.3, -0.25) is 14.4 Å². The number of aromatic carboxylic acids is 1. The molecule has 0 atom stereocenters. The number of nitrogen functional groups attached to an aromatic ring is 1. The molecule has 0 unspecified atom stereocenters. The van der Waals surface area contributed by atoms with E-state index in [9.17, 15) is 19.2 Å². The summed E-state index contributed by atoms with van der Waals surface area (Å²) in [4.78, 5) is 60.1. The number of anilines is 4. The highest BCUT2D eigenvalue weighted by Crippen LogP contribution is 2.20. The van der Waals surface area contributed by atoms with Gasteiger partial charge in [0, 0.05) is 115 Å². The summed E-state index contributed by atoms with van der Waals surface area (Å²) in [6, 6.07) is 34.2. The van der Waals surface area contributed by atoms with Gasteiger partial charge in [0.15, 0.2) is 0 Å². The van der Waals surface area contributed by atoms with Crippen LogP contribution in [-0.2, 0) is 18.7 Å². The molecule has 0 saturated heterocycles. The maximum absolute atomic E-state index is 12.2. The van der Waals surface area contributed by atoms with Crippen molar-refractivity contribution in [1.29, 1.82) is 0 Å². The van der Waals surface area contributed by atoms with Crippen molar-refractivity contribution in [3.05, 3.63) is 184 Å². The number of nitrogens with zero attached hydrogens (tertiary/aromatic N) is 4. The van der Waals surface area contributed by atoms with Gasteiger partial charge in [-0.2, -0.15) is 27.0 Å². The van der Waals surface area contributed by atoms with Gasteiger partial charge >= 0.3 is 5.97 Å². The summed E-state index contributed by atoms with van der Waals surface area (Å²) in [5, 5.41) is 17.6. The molecule has 7 rings (SSSR count). The van der Waals surface area contributed by atoms with Gasteiger partial charge in [-0.15, -0.1) is 0 Å². The first-order valence-electron chi connectivity index (χ1n) is 23.0. The number of hydrogen-bond donors (Lipinski definition) is 6. The molecule has 2 amide bonds. The molecule has 0 spiro atoms. The lowest BCUT2D eigenvalue weighted by Crippen LogP contribution is -2.13. The van der Waals surface area contributed by atoms with Gasteiger partial charge in [0.1, 0.15) is 38.5 Å². The lowest BCUT2D eigenvalue weighted by Gasteiger charge is -2.08. The van der Waals surface area contributed by atoms with E-state index in [1.807, 2.05) is 30.3 Å². The van der Waals surface area contributed by atoms with E-state index in [2.05, 4.69) is 57.3 Å². The first kappa shape index (κ1) is 77.9. The number of methoxy groups -OCH3 is 5. The molecule has 4 heterocycles. The molecular formula is C53H63Cl6N9O11S3. The average Bonchev–Trinajstić information content (AvgIpc) is 3.45. The number of carboxylic acid groups (broad SMARTS) is 1. The van der Waals surface area contributed by atoms with Crippen molar-refractivity contribution in [3.63, 3.8) is 0 Å². The Hall–Kier alpha value is -6.19. The molecule has 0 bridgehead atoms. The Kier molecular flexibility index (Phi) is 44.9. The summed E-state index contributed by atoms with van der Waals surface area (Å²) in [6.07, 6.45) is 7.39. The van der Waals surface area contributed by atoms with Gasteiger partial charge in [0.2, 0.25) is 9.23 Å². The molecule has 0 aliphatic heterocycles. The van der Waals surface area contributed by atoms with Crippen LogP contribution in [0.5, 0.6) is 17.2 Å². The summed E-state index contributed by atoms with van der Waals surface area (Å²) in [5.41, 5.74) is 14.1. The molecule has 0 saturated carbocycles. The van der Waals surface area contributed by atoms with E-state index in [1.165, 1.54) is 42.9 Å². The molecule has 0 aliphatic rings. The van der Waals surface area contributed by atoms with E-state index < -0.39 is 20.4 Å². The van der Waals surface area contributed by atoms with E-state index in [1.54, 1.807) is 108 Å². The molecule has 0 fully saturated rings. The molecule has 82 heavy (non-hydrogen) atoms. The highest BCUT2D eigenvalue weighted by atomic mass is 36.0. The van der Waals surface area contributed by atoms with Gasteiger partial charge in [-0.05, 0) is 116 Å². The van der Waals surface area contributed by atoms with E-state index in [0.717, 1.165) is 49.8 Å². The Morgan fingerprint density at radius 2 is 0.951 bits per heavy atom. The SMILES string of the molecule is COCCCN.COCCCNc1ccc(C(=O)Nc2cccc(OC)c2)cn1.COc1cccc(N)c1.COc1cccc(NC(=O)c2ccc(Cl)nc2)c1.O=C(Cl)c1ccc(Cl)nc1.O=C(O)c1ccc(Cl)nc1.O=S(Cl)Cl.S.S. The molecule has 20 nitrogen and oxygen atoms in total. The number of ether oxygens (including phenoxy) is 5. The minimum Gasteiger partial charge on any atom is -0.497 e. The van der Waals surface area contributed by atoms with Crippen LogP contribution in [0.3, 0.4) is 0 Å². The third kappa shape index (κ3) is 37.0. The molecule has 7 aromatic rings. The standard InChI is InChI=1S/C17H21N3O3.C13H11ClN2O2.C7H9NO.C6H3Cl2NO.C6H4ClNO2.C4H11NO.Cl2OS.2H2S/c1-22-10-4-9-18-16-8-7-13(12-19-16)17(21)20-14-5-3-6-15(11-14)23-2;1-18-11-4-2-3-10(7-11)16-13(17)9-5-6-12(14)15-8-9;1-9-7-4-2-3-6(8)5-7;7-5-2-1-4(3-9-5)6(8)10;7-5-2-1-4(3-8-5)6(9)10;1-6-4-2-3-5;1-4(2)3;;/h3,5-8,11-12H,4,9-10H2,1-2H3,(H,18,19)(H,20,21);2-8H,1H3,(H,16,17);2-5H,8H2,1H3;1-3H;1-3H,(H,9,10);2-5H2,1H3;;2*1H2. The molecular weight excluding hydrogens is 1250 g/mol. The van der Waals surface area contributed by atoms with Crippen molar-refractivity contribution in [2.75, 3.05) is 83.5 Å². The fraction of sp³-hybridized carbons (Fsp3) is 0.208. The number of nitrogens with two attached hydrogens (primary N) is 2. The van der Waals surface area contributed by atoms with Crippen LogP contribution in [0, 0.1) is 0 Å². The predicted molar refractivity (Wildman–Crippen MR) is 340 cm³/mol. The van der Waals surface area contributed by atoms with Gasteiger partial charge in [-0.1, -0.05) is 53.0 Å². The first-order chi connectivity index (χ1) is 38.3. The monoisotopic (exact) mass is 1310 g/mol. The Morgan fingerprint density at radius 1 is 0.561 bits per heavy atom. The van der Waals surface area contributed by atoms with Crippen molar-refractivity contribution in [2.24, 2.45) is 5.73 Å². The lowest BCUT2D eigenvalue weighted by molar-refractivity contribution is 0.0695. The second-order valence-electron chi connectivity index (χ2n) is 14.9. The average molecular weight is 1310 g/mol. The number of aromatic nitrogens is 4. The zero-order chi connectivity index (χ0) is 59.7. The number of benzene rings is 3. The van der Waals surface area contributed by atoms with E-state index in [-0.39, 0.29) is 44.4 Å². The van der Waals surface area contributed by atoms with Crippen molar-refractivity contribution >= 4 is 150 Å². The molecule has 8 N–H and O–H groups in total. The minimum absolute atomic E-state index is 0. The number of carbonyl (C=O) groups excluding carboxylic acids is 3. The summed E-state index contributed by atoms with van der Waals surface area (Å²) < 4.78 is 33.9. The molecule has 3 aromatic carbocycles. The summed E-state index contributed by atoms with van der Waals surface area (Å²) in [5.74, 6) is 1.46. The van der Waals surface area contributed by atoms with E-state index >= 15 is 0 Å². The van der Waals surface area contributed by atoms with Gasteiger partial charge in [0.25, 0.3) is 17.1 Å². The van der Waals surface area contributed by atoms with Crippen molar-refractivity contribution in [2.45, 2.75) is 12.8 Å². The number of carboxylic acids is 1. The molecule has 446 valence electrons. The van der Waals surface area contributed by atoms with Crippen LogP contribution < -0.4 is 41.6 Å². The Balaban J connectivity index is 0. The van der Waals surface area contributed by atoms with Crippen molar-refractivity contribution in [3.8, 4) is 17.2 Å². The third-order valence-corrected chi connectivity index (χ3v) is 9.97. The number of hydrogen-bond acceptors (Lipinski definition) is 17. The number of rotatable bonds is 17. The van der Waals surface area contributed by atoms with Crippen LogP contribution in [0.25, 0.3) is 0 Å². The normalized spacial score (nSPS) is 9.38. The topological polar surface area (TPSA) is 291 Å². The van der Waals surface area contributed by atoms with Gasteiger partial charge < -0.3 is 56.2 Å². The highest BCUT2D eigenvalue weighted by Gasteiger charge is 2.09. The van der Waals surface area contributed by atoms with E-state index in [4.69, 9.17) is 90.9 Å². The zero-order valence-corrected chi connectivity index (χ0v) is 52.1. The minimum atomic E-state index is -1.67. The number of amides is 2. The summed E-state index contributed by atoms with van der Waals surface area (Å²) in [6.45, 7) is 2.99. The largest absolute Gasteiger partial charge is 0.497 e. The Morgan fingerprint density at radius 3 is 1.28 bits per heavy atom. The number of carbonyl (C=O) groups is 4. The second kappa shape index (κ2) is 47.3. The number of nitrogens with one attached hydrogen (secondary N) is 3. The van der Waals surface area contributed by atoms with Crippen LogP contribution in [0.15, 0.2) is 146 Å². The molecule has 0 aliphatic carbocycles. The fourth-order valence-electron chi connectivity index (χ4n) is 5.25.